The molecule has 0 aromatic heterocycles. The van der Waals surface area contributed by atoms with Crippen LogP contribution in [0.25, 0.3) is 0 Å². The number of rotatable bonds is 6. The van der Waals surface area contributed by atoms with Gasteiger partial charge in [-0.3, -0.25) is 0 Å². The van der Waals surface area contributed by atoms with Crippen molar-refractivity contribution in [3.8, 4) is 0 Å². The molecule has 34 heavy (non-hydrogen) atoms. The molecule has 10 atom stereocenters. The molecule has 5 fully saturated rings. The minimum atomic E-state index is 0. The Labute approximate surface area is 211 Å². The van der Waals surface area contributed by atoms with E-state index in [4.69, 9.17) is 10.6 Å². The van der Waals surface area contributed by atoms with Gasteiger partial charge in [-0.1, -0.05) is 42.0 Å². The highest BCUT2D eigenvalue weighted by Crippen LogP contribution is 2.92. The number of nitrogens with two attached hydrogens (primary N) is 1. The van der Waals surface area contributed by atoms with E-state index in [2.05, 4.69) is 25.9 Å². The van der Waals surface area contributed by atoms with Crippen molar-refractivity contribution in [2.45, 2.75) is 107 Å². The highest BCUT2D eigenvalue weighted by molar-refractivity contribution is 5.78. The highest BCUT2D eigenvalue weighted by Gasteiger charge is 2.86. The molecule has 0 saturated heterocycles. The molecular weight excluding hydrogens is 418 g/mol. The normalized spacial score (nSPS) is 46.4. The highest BCUT2D eigenvalue weighted by atomic mass is 16.5. The number of fused-ring (bicyclic) bond motifs is 1. The van der Waals surface area contributed by atoms with E-state index in [0.717, 1.165) is 54.4 Å². The second kappa shape index (κ2) is 10.0. The number of nitrogens with zero attached hydrogens (tertiary/aromatic N) is 2. The summed E-state index contributed by atoms with van der Waals surface area (Å²) in [4.78, 5) is 0. The first-order valence-corrected chi connectivity index (χ1v) is 14.2. The zero-order chi connectivity index (χ0) is 24.2. The number of methoxy groups -OCH3 is 1. The van der Waals surface area contributed by atoms with Crippen LogP contribution < -0.4 is 5.84 Å². The Hall–Kier alpha value is -0.610. The van der Waals surface area contributed by atoms with E-state index in [-0.39, 0.29) is 7.43 Å². The number of hydrazone groups is 1. The molecule has 2 N–H and O–H groups in total. The Morgan fingerprint density at radius 1 is 1.06 bits per heavy atom. The van der Waals surface area contributed by atoms with Crippen LogP contribution in [0.1, 0.15) is 107 Å². The summed E-state index contributed by atoms with van der Waals surface area (Å²) >= 11 is 0. The van der Waals surface area contributed by atoms with E-state index in [1.54, 1.807) is 5.12 Å². The summed E-state index contributed by atoms with van der Waals surface area (Å²) in [6, 6.07) is 0. The summed E-state index contributed by atoms with van der Waals surface area (Å²) in [6.45, 7) is 17.6. The van der Waals surface area contributed by atoms with Crippen LogP contribution in [0.4, 0.5) is 0 Å². The van der Waals surface area contributed by atoms with Crippen LogP contribution in [0.3, 0.4) is 0 Å². The summed E-state index contributed by atoms with van der Waals surface area (Å²) in [6.07, 6.45) is 11.8. The molecule has 5 aliphatic rings. The average molecular weight is 476 g/mol. The lowest BCUT2D eigenvalue weighted by Gasteiger charge is -2.47. The second-order valence-corrected chi connectivity index (χ2v) is 12.9. The largest absolute Gasteiger partial charge is 0.384 e. The maximum absolute atomic E-state index is 6.28. The molecule has 5 aliphatic carbocycles. The van der Waals surface area contributed by atoms with Gasteiger partial charge in [0.2, 0.25) is 0 Å². The molecule has 10 unspecified atom stereocenters. The molecule has 5 rings (SSSR count). The smallest absolute Gasteiger partial charge is 0.0559 e. The van der Waals surface area contributed by atoms with Crippen molar-refractivity contribution >= 4 is 5.71 Å². The topological polar surface area (TPSA) is 50.9 Å². The number of hydrazine groups is 1. The van der Waals surface area contributed by atoms with Crippen molar-refractivity contribution in [1.82, 2.24) is 5.12 Å². The first-order chi connectivity index (χ1) is 15.7. The van der Waals surface area contributed by atoms with Crippen LogP contribution in [0, 0.1) is 57.7 Å². The molecule has 4 nitrogen and oxygen atoms in total. The van der Waals surface area contributed by atoms with Crippen molar-refractivity contribution in [3.63, 3.8) is 0 Å². The van der Waals surface area contributed by atoms with E-state index in [0.29, 0.717) is 22.2 Å². The minimum absolute atomic E-state index is 0. The molecule has 0 radical (unpaired) electrons. The van der Waals surface area contributed by atoms with Gasteiger partial charge in [-0.05, 0) is 123 Å². The molecule has 5 saturated carbocycles. The Balaban J connectivity index is 0.00000105. The van der Waals surface area contributed by atoms with Crippen molar-refractivity contribution in [3.05, 3.63) is 0 Å². The van der Waals surface area contributed by atoms with Crippen molar-refractivity contribution < 1.29 is 4.74 Å². The molecule has 0 heterocycles. The van der Waals surface area contributed by atoms with Gasteiger partial charge in [0.25, 0.3) is 0 Å². The summed E-state index contributed by atoms with van der Waals surface area (Å²) in [5.41, 5.74) is 2.93. The molecule has 198 valence electrons. The Kier molecular flexibility index (Phi) is 8.26. The molecule has 0 aliphatic heterocycles. The number of hydrogen-bond acceptors (Lipinski definition) is 4. The Morgan fingerprint density at radius 2 is 1.74 bits per heavy atom. The zero-order valence-electron chi connectivity index (χ0n) is 23.0. The monoisotopic (exact) mass is 475 g/mol. The maximum Gasteiger partial charge on any atom is 0.0559 e. The third-order valence-corrected chi connectivity index (χ3v) is 11.4. The Morgan fingerprint density at radius 3 is 2.38 bits per heavy atom. The predicted molar refractivity (Wildman–Crippen MR) is 145 cm³/mol. The van der Waals surface area contributed by atoms with E-state index >= 15 is 0 Å². The molecule has 4 heteroatoms. The first kappa shape index (κ1) is 28.0. The lowest BCUT2D eigenvalue weighted by molar-refractivity contribution is 0.00386. The summed E-state index contributed by atoms with van der Waals surface area (Å²) < 4.78 is 5.57. The van der Waals surface area contributed by atoms with Gasteiger partial charge in [0.15, 0.2) is 0 Å². The summed E-state index contributed by atoms with van der Waals surface area (Å²) in [5, 5.41) is 6.23. The molecule has 2 spiro atoms. The van der Waals surface area contributed by atoms with Crippen molar-refractivity contribution in [1.29, 1.82) is 0 Å². The van der Waals surface area contributed by atoms with Gasteiger partial charge >= 0.3 is 0 Å². The van der Waals surface area contributed by atoms with E-state index in [9.17, 15) is 0 Å². The lowest BCUT2D eigenvalue weighted by atomic mass is 9.57. The maximum atomic E-state index is 6.28. The standard InChI is InChI=1S/C27H47N3O.C2H6.CH4/c1-17(2)29-30(28)15-19(4)24-18(3)13-23-25(24,5)10-9-22-26-11-7-20(16-31-6)14-21(26)8-12-27(22,23)26;1-2;/h18-24H,7-16,28H2,1-6H3;1-2H3;1H4. The minimum Gasteiger partial charge on any atom is -0.384 e. The first-order valence-electron chi connectivity index (χ1n) is 14.2. The average Bonchev–Trinajstić information content (AvgIpc) is 2.99. The quantitative estimate of drug-likeness (QED) is 0.247. The fourth-order valence-electron chi connectivity index (χ4n) is 11.2. The summed E-state index contributed by atoms with van der Waals surface area (Å²) in [5.74, 6) is 12.2. The van der Waals surface area contributed by atoms with Crippen LogP contribution in [-0.4, -0.2) is 31.1 Å². The molecule has 0 aromatic carbocycles. The Bertz CT molecular complexity index is 735. The van der Waals surface area contributed by atoms with Crippen molar-refractivity contribution in [2.24, 2.45) is 68.6 Å². The third-order valence-electron chi connectivity index (χ3n) is 11.4. The number of hydrogen-bond donors (Lipinski definition) is 1. The van der Waals surface area contributed by atoms with Gasteiger partial charge in [-0.15, -0.1) is 0 Å². The van der Waals surface area contributed by atoms with Gasteiger partial charge in [0, 0.05) is 19.4 Å². The van der Waals surface area contributed by atoms with Gasteiger partial charge in [0.05, 0.1) is 6.54 Å². The van der Waals surface area contributed by atoms with Gasteiger partial charge in [0.1, 0.15) is 0 Å². The lowest BCUT2D eigenvalue weighted by Crippen LogP contribution is -2.44. The van der Waals surface area contributed by atoms with Crippen LogP contribution in [-0.2, 0) is 4.74 Å². The second-order valence-electron chi connectivity index (χ2n) is 12.9. The van der Waals surface area contributed by atoms with Gasteiger partial charge < -0.3 is 4.74 Å². The van der Waals surface area contributed by atoms with Crippen LogP contribution >= 0.6 is 0 Å². The summed E-state index contributed by atoms with van der Waals surface area (Å²) in [7, 11) is 1.89. The predicted octanol–water partition coefficient (Wildman–Crippen LogP) is 7.39. The molecular formula is C30H57N3O. The van der Waals surface area contributed by atoms with Crippen LogP contribution in [0.2, 0.25) is 0 Å². The van der Waals surface area contributed by atoms with Crippen LogP contribution in [0.15, 0.2) is 5.10 Å². The van der Waals surface area contributed by atoms with E-state index in [1.165, 1.54) is 51.4 Å². The molecule has 0 amide bonds. The van der Waals surface area contributed by atoms with E-state index < -0.39 is 0 Å². The van der Waals surface area contributed by atoms with Gasteiger partial charge in [-0.2, -0.15) is 5.10 Å². The third kappa shape index (κ3) is 3.80. The van der Waals surface area contributed by atoms with Crippen molar-refractivity contribution in [2.75, 3.05) is 20.3 Å². The fraction of sp³-hybridized carbons (Fsp3) is 0.967. The molecule has 0 aromatic rings. The van der Waals surface area contributed by atoms with Crippen LogP contribution in [0.5, 0.6) is 0 Å². The van der Waals surface area contributed by atoms with E-state index in [1.807, 2.05) is 34.8 Å². The number of ether oxygens (including phenoxy) is 1. The zero-order valence-corrected chi connectivity index (χ0v) is 23.0. The fourth-order valence-corrected chi connectivity index (χ4v) is 11.2. The van der Waals surface area contributed by atoms with Gasteiger partial charge in [-0.25, -0.2) is 11.0 Å². The molecule has 0 bridgehead atoms. The SMILES string of the molecule is C.CC.COCC1CCC23C(CCC24C2CC(C)C(C(C)CN(N)N=C(C)C)C2(C)CCC34)C1.